The number of carbonyl (C=O) groups excluding carboxylic acids is 3. The van der Waals surface area contributed by atoms with Crippen LogP contribution < -0.4 is 5.73 Å². The third-order valence-electron chi connectivity index (χ3n) is 5.12. The molecule has 30 heavy (non-hydrogen) atoms. The number of imidazole rings is 1. The third kappa shape index (κ3) is 3.09. The van der Waals surface area contributed by atoms with Crippen LogP contribution in [0.3, 0.4) is 0 Å². The van der Waals surface area contributed by atoms with Crippen molar-refractivity contribution < 1.29 is 34.4 Å². The Morgan fingerprint density at radius 2 is 2.00 bits per heavy atom. The van der Waals surface area contributed by atoms with Crippen molar-refractivity contribution in [2.75, 3.05) is 12.3 Å². The molecule has 5 N–H and O–H groups in total. The zero-order chi connectivity index (χ0) is 21.8. The first-order valence-corrected chi connectivity index (χ1v) is 9.17. The normalized spacial score (nSPS) is 30.1. The van der Waals surface area contributed by atoms with E-state index in [1.165, 1.54) is 10.9 Å². The maximum Gasteiger partial charge on any atom is 0.225 e. The minimum Gasteiger partial charge on any atom is -0.388 e. The Morgan fingerprint density at radius 1 is 1.27 bits per heavy atom. The number of allylic oxidation sites excluding steroid dienone is 1. The van der Waals surface area contributed by atoms with Crippen molar-refractivity contribution in [3.63, 3.8) is 0 Å². The maximum absolute atomic E-state index is 12.4. The molecule has 12 nitrogen and oxygen atoms in total. The molecule has 1 aliphatic carbocycles. The first-order valence-electron chi connectivity index (χ1n) is 8.79. The fourth-order valence-electron chi connectivity index (χ4n) is 3.63. The largest absolute Gasteiger partial charge is 0.388 e. The number of carbonyl (C=O) groups is 3. The topological polar surface area (TPSA) is 191 Å². The van der Waals surface area contributed by atoms with E-state index in [1.807, 2.05) is 0 Å². The third-order valence-corrected chi connectivity index (χ3v) is 5.38. The van der Waals surface area contributed by atoms with Crippen molar-refractivity contribution in [3.8, 4) is 0 Å². The number of Topliss-reactive ketones (excluding diaryl/α,β-unsaturated/α-hetero) is 2. The SMILES string of the molecule is Nc1nc(Cl)c2ncn([C@]3(CC4=CC(=O)CC(=O)C4=O)OC[C@@H](O)[C@@H](O)[C@@H]3O)c2n1. The molecule has 158 valence electrons. The average Bonchev–Trinajstić information content (AvgIpc) is 3.11. The number of ether oxygens (including phenoxy) is 1. The van der Waals surface area contributed by atoms with Crippen molar-refractivity contribution in [1.29, 1.82) is 0 Å². The number of aliphatic hydroxyl groups is 3. The summed E-state index contributed by atoms with van der Waals surface area (Å²) in [6.45, 7) is -0.435. The van der Waals surface area contributed by atoms with Crippen LogP contribution in [0, 0.1) is 0 Å². The van der Waals surface area contributed by atoms with Gasteiger partial charge in [-0.3, -0.25) is 19.0 Å². The highest BCUT2D eigenvalue weighted by Crippen LogP contribution is 2.39. The summed E-state index contributed by atoms with van der Waals surface area (Å²) in [5, 5.41) is 31.0. The summed E-state index contributed by atoms with van der Waals surface area (Å²) in [4.78, 5) is 48.0. The van der Waals surface area contributed by atoms with Gasteiger partial charge in [0.25, 0.3) is 0 Å². The quantitative estimate of drug-likeness (QED) is 0.242. The second-order valence-corrected chi connectivity index (χ2v) is 7.42. The number of hydrogen-bond acceptors (Lipinski definition) is 11. The summed E-state index contributed by atoms with van der Waals surface area (Å²) in [5.41, 5.74) is 3.57. The Labute approximate surface area is 172 Å². The van der Waals surface area contributed by atoms with Gasteiger partial charge in [0.15, 0.2) is 22.3 Å². The molecule has 0 unspecified atom stereocenters. The number of nitrogen functional groups attached to an aromatic ring is 1. The van der Waals surface area contributed by atoms with E-state index in [4.69, 9.17) is 22.1 Å². The van der Waals surface area contributed by atoms with Crippen LogP contribution in [0.15, 0.2) is 18.0 Å². The predicted octanol–water partition coefficient (Wildman–Crippen LogP) is -1.74. The van der Waals surface area contributed by atoms with Crippen LogP contribution >= 0.6 is 11.6 Å². The Hall–Kier alpha value is -2.77. The summed E-state index contributed by atoms with van der Waals surface area (Å²) in [6, 6.07) is 0. The van der Waals surface area contributed by atoms with Gasteiger partial charge in [0, 0.05) is 12.0 Å². The number of hydrogen-bond donors (Lipinski definition) is 4. The zero-order valence-corrected chi connectivity index (χ0v) is 16.0. The van der Waals surface area contributed by atoms with E-state index < -0.39 is 60.8 Å². The van der Waals surface area contributed by atoms with Crippen molar-refractivity contribution in [3.05, 3.63) is 23.1 Å². The molecule has 0 radical (unpaired) electrons. The summed E-state index contributed by atoms with van der Waals surface area (Å²) in [6.07, 6.45) is -3.80. The van der Waals surface area contributed by atoms with E-state index >= 15 is 0 Å². The van der Waals surface area contributed by atoms with Crippen molar-refractivity contribution in [2.45, 2.75) is 36.9 Å². The fourth-order valence-corrected chi connectivity index (χ4v) is 3.85. The molecule has 2 aromatic heterocycles. The molecular weight excluding hydrogens is 422 g/mol. The Bertz CT molecular complexity index is 1120. The molecule has 2 aliphatic rings. The summed E-state index contributed by atoms with van der Waals surface area (Å²) < 4.78 is 6.90. The van der Waals surface area contributed by atoms with Crippen LogP contribution in [0.1, 0.15) is 12.8 Å². The number of aromatic nitrogens is 4. The predicted molar refractivity (Wildman–Crippen MR) is 99.0 cm³/mol. The van der Waals surface area contributed by atoms with Crippen LogP contribution in [-0.2, 0) is 24.8 Å². The first kappa shape index (κ1) is 20.5. The second kappa shape index (κ2) is 7.18. The molecule has 0 saturated carbocycles. The Kier molecular flexibility index (Phi) is 4.91. The number of rotatable bonds is 3. The molecule has 0 bridgehead atoms. The summed E-state index contributed by atoms with van der Waals surface area (Å²) in [7, 11) is 0. The standard InChI is InChI=1S/C17H16ClN5O7/c18-14-10-15(22-16(19)21-14)23(5-20-10)17(13(29)12(28)9(26)4-30-17)3-6-1-7(24)2-8(25)11(6)27/h1,5,9,12-13,26,28-29H,2-4H2,(H2,19,21,22)/t9-,12-,13+,17-/m1/s1. The maximum atomic E-state index is 12.4. The smallest absolute Gasteiger partial charge is 0.225 e. The second-order valence-electron chi connectivity index (χ2n) is 7.06. The van der Waals surface area contributed by atoms with Gasteiger partial charge < -0.3 is 25.8 Å². The lowest BCUT2D eigenvalue weighted by molar-refractivity contribution is -0.270. The lowest BCUT2D eigenvalue weighted by Gasteiger charge is -2.46. The monoisotopic (exact) mass is 437 g/mol. The number of ketones is 3. The van der Waals surface area contributed by atoms with Crippen LogP contribution in [0.5, 0.6) is 0 Å². The van der Waals surface area contributed by atoms with Crippen LogP contribution in [0.25, 0.3) is 11.2 Å². The summed E-state index contributed by atoms with van der Waals surface area (Å²) in [5.74, 6) is -2.61. The molecule has 13 heteroatoms. The molecule has 3 heterocycles. The van der Waals surface area contributed by atoms with E-state index in [-0.39, 0.29) is 27.8 Å². The average molecular weight is 438 g/mol. The Morgan fingerprint density at radius 3 is 2.73 bits per heavy atom. The van der Waals surface area contributed by atoms with Crippen molar-refractivity contribution in [1.82, 2.24) is 19.5 Å². The van der Waals surface area contributed by atoms with E-state index in [2.05, 4.69) is 15.0 Å². The van der Waals surface area contributed by atoms with Gasteiger partial charge in [-0.1, -0.05) is 11.6 Å². The van der Waals surface area contributed by atoms with Gasteiger partial charge in [0.1, 0.15) is 23.8 Å². The van der Waals surface area contributed by atoms with E-state index in [0.717, 1.165) is 6.08 Å². The lowest BCUT2D eigenvalue weighted by atomic mass is 9.84. The number of nitrogens with two attached hydrogens (primary N) is 1. The van der Waals surface area contributed by atoms with Gasteiger partial charge in [-0.05, 0) is 6.08 Å². The van der Waals surface area contributed by atoms with Crippen LogP contribution in [0.2, 0.25) is 5.15 Å². The number of fused-ring (bicyclic) bond motifs is 1. The first-order chi connectivity index (χ1) is 14.1. The number of aliphatic hydroxyl groups excluding tert-OH is 3. The molecule has 0 amide bonds. The van der Waals surface area contributed by atoms with Crippen molar-refractivity contribution in [2.24, 2.45) is 0 Å². The molecule has 2 aromatic rings. The number of anilines is 1. The highest BCUT2D eigenvalue weighted by Gasteiger charge is 2.53. The van der Waals surface area contributed by atoms with Crippen LogP contribution in [0.4, 0.5) is 5.95 Å². The molecular formula is C17H16ClN5O7. The highest BCUT2D eigenvalue weighted by atomic mass is 35.5. The van der Waals surface area contributed by atoms with Gasteiger partial charge in [0.05, 0.1) is 19.4 Å². The molecule has 0 spiro atoms. The number of halogens is 1. The van der Waals surface area contributed by atoms with Gasteiger partial charge in [-0.15, -0.1) is 0 Å². The highest BCUT2D eigenvalue weighted by molar-refractivity contribution is 6.49. The molecule has 0 aromatic carbocycles. The Balaban J connectivity index is 1.91. The van der Waals surface area contributed by atoms with E-state index in [9.17, 15) is 29.7 Å². The molecule has 4 atom stereocenters. The minimum atomic E-state index is -1.96. The fraction of sp³-hybridized carbons (Fsp3) is 0.412. The van der Waals surface area contributed by atoms with Gasteiger partial charge in [0.2, 0.25) is 17.5 Å². The molecule has 1 saturated heterocycles. The minimum absolute atomic E-state index is 0.0108. The molecule has 1 fully saturated rings. The van der Waals surface area contributed by atoms with E-state index in [1.54, 1.807) is 0 Å². The van der Waals surface area contributed by atoms with Gasteiger partial charge in [-0.2, -0.15) is 9.97 Å². The summed E-state index contributed by atoms with van der Waals surface area (Å²) >= 11 is 6.05. The lowest BCUT2D eigenvalue weighted by Crippen LogP contribution is -2.62. The van der Waals surface area contributed by atoms with Gasteiger partial charge in [-0.25, -0.2) is 4.98 Å². The molecule has 1 aliphatic heterocycles. The number of nitrogens with zero attached hydrogens (tertiary/aromatic N) is 4. The van der Waals surface area contributed by atoms with Crippen molar-refractivity contribution >= 4 is 46.1 Å². The zero-order valence-electron chi connectivity index (χ0n) is 15.2. The van der Waals surface area contributed by atoms with Crippen LogP contribution in [-0.4, -0.2) is 77.1 Å². The van der Waals surface area contributed by atoms with Gasteiger partial charge >= 0.3 is 0 Å². The van der Waals surface area contributed by atoms with E-state index in [0.29, 0.717) is 0 Å². The molecule has 4 rings (SSSR count).